The van der Waals surface area contributed by atoms with E-state index in [0.29, 0.717) is 22.3 Å². The van der Waals surface area contributed by atoms with E-state index in [4.69, 9.17) is 9.05 Å². The van der Waals surface area contributed by atoms with Gasteiger partial charge in [-0.05, 0) is 100 Å². The van der Waals surface area contributed by atoms with Crippen LogP contribution in [0.5, 0.6) is 11.5 Å². The molecule has 4 nitrogen and oxygen atoms in total. The fourth-order valence-electron chi connectivity index (χ4n) is 8.54. The van der Waals surface area contributed by atoms with Crippen LogP contribution in [-0.4, -0.2) is 0 Å². The van der Waals surface area contributed by atoms with Crippen molar-refractivity contribution >= 4 is 72.5 Å². The lowest BCUT2D eigenvalue weighted by atomic mass is 9.84. The van der Waals surface area contributed by atoms with E-state index < -0.39 is 7.82 Å². The fraction of sp³-hybridized carbons (Fsp3) is 0. The predicted molar refractivity (Wildman–Crippen MR) is 217 cm³/mol. The second kappa shape index (κ2) is 11.3. The molecule has 0 unspecified atom stereocenters. The van der Waals surface area contributed by atoms with E-state index in [1.165, 1.54) is 0 Å². The monoisotopic (exact) mass is 699 g/mol. The van der Waals surface area contributed by atoms with Gasteiger partial charge in [0.15, 0.2) is 0 Å². The number of benzene rings is 10. The normalized spacial score (nSPS) is 13.5. The SMILES string of the molecule is O=P1([O-])Oc2c(-c3cc4ccccc4c4ccccc34)cc3ccccc3c2-c2c(c(-c3cc4ccccc4c4ccccc34)cc3ccccc23)O1. The highest BCUT2D eigenvalue weighted by molar-refractivity contribution is 7.46. The molecule has 0 amide bonds. The Balaban J connectivity index is 1.33. The summed E-state index contributed by atoms with van der Waals surface area (Å²) in [5.74, 6) is 0.513. The van der Waals surface area contributed by atoms with Gasteiger partial charge in [-0.15, -0.1) is 0 Å². The zero-order valence-electron chi connectivity index (χ0n) is 28.2. The van der Waals surface area contributed by atoms with Gasteiger partial charge in [-0.3, -0.25) is 0 Å². The lowest BCUT2D eigenvalue weighted by Gasteiger charge is -2.25. The molecule has 11 rings (SSSR count). The van der Waals surface area contributed by atoms with Crippen LogP contribution in [0.3, 0.4) is 0 Å². The molecular weight excluding hydrogens is 671 g/mol. The fourth-order valence-corrected chi connectivity index (χ4v) is 9.40. The molecule has 0 atom stereocenters. The minimum atomic E-state index is -5.01. The Kier molecular flexibility index (Phi) is 6.42. The maximum atomic E-state index is 14.4. The van der Waals surface area contributed by atoms with Gasteiger partial charge >= 0.3 is 7.82 Å². The van der Waals surface area contributed by atoms with Gasteiger partial charge in [0.05, 0.1) is 0 Å². The Bertz CT molecular complexity index is 3020. The summed E-state index contributed by atoms with van der Waals surface area (Å²) in [4.78, 5) is 14.4. The first-order valence-electron chi connectivity index (χ1n) is 17.7. The second-order valence-corrected chi connectivity index (χ2v) is 15.0. The summed E-state index contributed by atoms with van der Waals surface area (Å²) in [5.41, 5.74) is 4.48. The second-order valence-electron chi connectivity index (χ2n) is 13.7. The van der Waals surface area contributed by atoms with Crippen molar-refractivity contribution in [2.24, 2.45) is 0 Å². The van der Waals surface area contributed by atoms with Crippen molar-refractivity contribution in [3.05, 3.63) is 170 Å². The maximum absolute atomic E-state index is 14.4. The predicted octanol–water partition coefficient (Wildman–Crippen LogP) is 12.8. The van der Waals surface area contributed by atoms with Crippen LogP contribution in [0.2, 0.25) is 0 Å². The van der Waals surface area contributed by atoms with E-state index in [0.717, 1.165) is 75.8 Å². The molecule has 0 aromatic heterocycles. The molecule has 53 heavy (non-hydrogen) atoms. The Morgan fingerprint density at radius 2 is 0.623 bits per heavy atom. The van der Waals surface area contributed by atoms with Crippen LogP contribution in [-0.2, 0) is 4.57 Å². The van der Waals surface area contributed by atoms with E-state index >= 15 is 0 Å². The molecule has 250 valence electrons. The van der Waals surface area contributed by atoms with Gasteiger partial charge in [0.2, 0.25) is 0 Å². The molecule has 1 aliphatic heterocycles. The first kappa shape index (κ1) is 30.2. The molecule has 1 aliphatic rings. The minimum absolute atomic E-state index is 0.256. The van der Waals surface area contributed by atoms with Crippen LogP contribution in [0, 0.1) is 0 Å². The highest BCUT2D eigenvalue weighted by Gasteiger charge is 2.33. The molecule has 0 fully saturated rings. The molecule has 10 aromatic rings. The lowest BCUT2D eigenvalue weighted by molar-refractivity contribution is -0.208. The molecule has 0 saturated heterocycles. The number of fused-ring (bicyclic) bond motifs is 13. The summed E-state index contributed by atoms with van der Waals surface area (Å²) in [5, 5.41) is 12.2. The molecule has 0 bridgehead atoms. The van der Waals surface area contributed by atoms with E-state index in [9.17, 15) is 9.46 Å². The Labute approximate surface area is 304 Å². The van der Waals surface area contributed by atoms with Crippen LogP contribution in [0.4, 0.5) is 0 Å². The van der Waals surface area contributed by atoms with Crippen molar-refractivity contribution in [3.8, 4) is 44.9 Å². The third-order valence-electron chi connectivity index (χ3n) is 10.8. The molecule has 0 aliphatic carbocycles. The van der Waals surface area contributed by atoms with Gasteiger partial charge in [-0.2, -0.15) is 0 Å². The van der Waals surface area contributed by atoms with Crippen molar-refractivity contribution in [2.45, 2.75) is 0 Å². The summed E-state index contributed by atoms with van der Waals surface area (Å²) < 4.78 is 26.9. The Morgan fingerprint density at radius 3 is 1.02 bits per heavy atom. The average molecular weight is 700 g/mol. The van der Waals surface area contributed by atoms with Gasteiger partial charge < -0.3 is 13.9 Å². The highest BCUT2D eigenvalue weighted by Crippen LogP contribution is 2.61. The topological polar surface area (TPSA) is 58.6 Å². The number of hydrogen-bond acceptors (Lipinski definition) is 4. The summed E-state index contributed by atoms with van der Waals surface area (Å²) in [6, 6.07) is 57.7. The van der Waals surface area contributed by atoms with Crippen molar-refractivity contribution in [1.82, 2.24) is 0 Å². The van der Waals surface area contributed by atoms with Crippen LogP contribution in [0.15, 0.2) is 170 Å². The maximum Gasteiger partial charge on any atom is 0.372 e. The Hall–Kier alpha value is -6.45. The van der Waals surface area contributed by atoms with Crippen LogP contribution in [0.1, 0.15) is 0 Å². The first-order chi connectivity index (χ1) is 26.0. The molecule has 0 spiro atoms. The summed E-state index contributed by atoms with van der Waals surface area (Å²) in [6.07, 6.45) is 0. The van der Waals surface area contributed by atoms with E-state index in [1.54, 1.807) is 0 Å². The standard InChI is InChI=1S/C48H29O4P/c49-53(50)51-47-43(41-25-29-13-1-5-17-33(29)37-21-9-11-23-39(37)41)27-31-15-3-7-19-35(31)45(47)46-36-20-8-4-16-32(36)28-44(48(46)52-53)42-26-30-14-2-6-18-34(30)38-22-10-12-24-40(38)42/h1-28H,(H,49,50)/p-1. The van der Waals surface area contributed by atoms with Gasteiger partial charge in [0, 0.05) is 22.3 Å². The Morgan fingerprint density at radius 1 is 0.340 bits per heavy atom. The van der Waals surface area contributed by atoms with E-state index in [-0.39, 0.29) is 11.5 Å². The van der Waals surface area contributed by atoms with Gasteiger partial charge in [0.1, 0.15) is 11.5 Å². The molecule has 0 N–H and O–H groups in total. The number of phosphoric ester groups is 1. The zero-order chi connectivity index (χ0) is 35.3. The third kappa shape index (κ3) is 4.57. The van der Waals surface area contributed by atoms with Crippen LogP contribution in [0.25, 0.3) is 98.0 Å². The van der Waals surface area contributed by atoms with Crippen molar-refractivity contribution in [2.75, 3.05) is 0 Å². The average Bonchev–Trinajstić information content (AvgIpc) is 3.33. The quantitative estimate of drug-likeness (QED) is 0.133. The summed E-state index contributed by atoms with van der Waals surface area (Å²) in [7, 11) is -5.01. The molecule has 0 saturated carbocycles. The van der Waals surface area contributed by atoms with Gasteiger partial charge in [-0.1, -0.05) is 146 Å². The van der Waals surface area contributed by atoms with Crippen LogP contribution >= 0.6 is 7.82 Å². The molecule has 0 radical (unpaired) electrons. The van der Waals surface area contributed by atoms with Gasteiger partial charge in [0.25, 0.3) is 0 Å². The minimum Gasteiger partial charge on any atom is -0.736 e. The number of phosphoric acid groups is 1. The number of hydrogen-bond donors (Lipinski definition) is 0. The smallest absolute Gasteiger partial charge is 0.372 e. The summed E-state index contributed by atoms with van der Waals surface area (Å²) in [6.45, 7) is 0. The molecular formula is C48H28O4P-. The molecule has 1 heterocycles. The highest BCUT2D eigenvalue weighted by atomic mass is 31.2. The van der Waals surface area contributed by atoms with Crippen molar-refractivity contribution < 1.29 is 18.5 Å². The van der Waals surface area contributed by atoms with Crippen molar-refractivity contribution in [1.29, 1.82) is 0 Å². The van der Waals surface area contributed by atoms with E-state index in [1.807, 2.05) is 84.9 Å². The van der Waals surface area contributed by atoms with Crippen LogP contribution < -0.4 is 13.9 Å². The molecule has 10 aromatic carbocycles. The zero-order valence-corrected chi connectivity index (χ0v) is 29.1. The third-order valence-corrected chi connectivity index (χ3v) is 11.6. The number of rotatable bonds is 2. The summed E-state index contributed by atoms with van der Waals surface area (Å²) >= 11 is 0. The molecule has 5 heteroatoms. The largest absolute Gasteiger partial charge is 0.736 e. The van der Waals surface area contributed by atoms with E-state index in [2.05, 4.69) is 84.9 Å². The first-order valence-corrected chi connectivity index (χ1v) is 19.1. The van der Waals surface area contributed by atoms with Gasteiger partial charge in [-0.25, -0.2) is 4.57 Å². The lowest BCUT2D eigenvalue weighted by Crippen LogP contribution is -2.12. The van der Waals surface area contributed by atoms with Crippen molar-refractivity contribution in [3.63, 3.8) is 0 Å².